The third-order valence-corrected chi connectivity index (χ3v) is 5.30. The summed E-state index contributed by atoms with van der Waals surface area (Å²) in [6.45, 7) is 1.21. The highest BCUT2D eigenvalue weighted by Gasteiger charge is 2.49. The minimum atomic E-state index is -5.74. The van der Waals surface area contributed by atoms with E-state index in [1.54, 1.807) is 30.3 Å². The zero-order valence-electron chi connectivity index (χ0n) is 14.3. The number of ether oxygens (including phenoxy) is 1. The van der Waals surface area contributed by atoms with Crippen LogP contribution in [0.3, 0.4) is 0 Å². The first-order valence-corrected chi connectivity index (χ1v) is 9.55. The molecule has 0 bridgehead atoms. The molecule has 27 heavy (non-hydrogen) atoms. The number of hydrogen-bond acceptors (Lipinski definition) is 4. The summed E-state index contributed by atoms with van der Waals surface area (Å²) in [5, 5.41) is 0. The van der Waals surface area contributed by atoms with Crippen molar-refractivity contribution in [2.24, 2.45) is 0 Å². The molecule has 0 spiro atoms. The molecule has 0 aliphatic carbocycles. The quantitative estimate of drug-likeness (QED) is 0.412. The largest absolute Gasteiger partial charge is 0.534 e. The normalized spacial score (nSPS) is 22.5. The fourth-order valence-electron chi connectivity index (χ4n) is 2.97. The second-order valence-electron chi connectivity index (χ2n) is 6.09. The molecule has 2 atom stereocenters. The molecule has 1 saturated heterocycles. The van der Waals surface area contributed by atoms with E-state index in [-0.39, 0.29) is 12.2 Å². The highest BCUT2D eigenvalue weighted by molar-refractivity contribution is 7.87. The number of halogens is 3. The Morgan fingerprint density at radius 2 is 1.52 bits per heavy atom. The fraction of sp³-hybridized carbons (Fsp3) is 0.263. The van der Waals surface area contributed by atoms with Crippen LogP contribution in [0.25, 0.3) is 0 Å². The average Bonchev–Trinajstić information content (AvgIpc) is 3.07. The molecule has 1 aliphatic heterocycles. The van der Waals surface area contributed by atoms with Crippen molar-refractivity contribution in [2.45, 2.75) is 31.1 Å². The van der Waals surface area contributed by atoms with Crippen molar-refractivity contribution in [2.75, 3.05) is 0 Å². The maximum Gasteiger partial charge on any atom is 0.534 e. The van der Waals surface area contributed by atoms with Gasteiger partial charge in [-0.05, 0) is 18.1 Å². The molecule has 2 aromatic carbocycles. The highest BCUT2D eigenvalue weighted by atomic mass is 32.2. The summed E-state index contributed by atoms with van der Waals surface area (Å²) in [6.07, 6.45) is -0.888. The Morgan fingerprint density at radius 3 is 2.04 bits per heavy atom. The predicted octanol–water partition coefficient (Wildman–Crippen LogP) is 5.03. The average molecular weight is 398 g/mol. The Labute approximate surface area is 155 Å². The van der Waals surface area contributed by atoms with Gasteiger partial charge in [-0.15, -0.1) is 0 Å². The molecule has 1 heterocycles. The van der Waals surface area contributed by atoms with Crippen molar-refractivity contribution in [1.29, 1.82) is 0 Å². The van der Waals surface area contributed by atoms with Gasteiger partial charge in [0.15, 0.2) is 0 Å². The van der Waals surface area contributed by atoms with Crippen LogP contribution in [-0.2, 0) is 19.0 Å². The van der Waals surface area contributed by atoms with Gasteiger partial charge in [0.05, 0.1) is 6.10 Å². The molecule has 144 valence electrons. The number of rotatable bonds is 4. The standard InChI is InChI=1S/C19H17F3O4S/c1-13(26-27(23,24)19(20,21)22)16-12-17(14-8-4-2-5-9-14)25-18(16)15-10-6-3-7-11-15/h2-11,17-18H,12H2,1H3/b16-13-/t17-,18-/m0/s1. The molecule has 8 heteroatoms. The molecule has 0 N–H and O–H groups in total. The molecular weight excluding hydrogens is 381 g/mol. The molecule has 0 radical (unpaired) electrons. The van der Waals surface area contributed by atoms with Crippen LogP contribution in [0.4, 0.5) is 13.2 Å². The molecule has 4 nitrogen and oxygen atoms in total. The zero-order valence-corrected chi connectivity index (χ0v) is 15.1. The van der Waals surface area contributed by atoms with Crippen LogP contribution >= 0.6 is 0 Å². The fourth-order valence-corrected chi connectivity index (χ4v) is 3.50. The minimum absolute atomic E-state index is 0.225. The zero-order chi connectivity index (χ0) is 19.7. The second kappa shape index (κ2) is 7.36. The van der Waals surface area contributed by atoms with E-state index < -0.39 is 27.8 Å². The van der Waals surface area contributed by atoms with E-state index in [1.165, 1.54) is 6.92 Å². The van der Waals surface area contributed by atoms with Crippen molar-refractivity contribution in [3.63, 3.8) is 0 Å². The first kappa shape index (κ1) is 19.4. The van der Waals surface area contributed by atoms with Crippen molar-refractivity contribution in [3.05, 3.63) is 83.1 Å². The van der Waals surface area contributed by atoms with Gasteiger partial charge >= 0.3 is 15.6 Å². The Bertz CT molecular complexity index is 922. The van der Waals surface area contributed by atoms with Gasteiger partial charge in [0, 0.05) is 12.0 Å². The van der Waals surface area contributed by atoms with E-state index in [2.05, 4.69) is 4.18 Å². The summed E-state index contributed by atoms with van der Waals surface area (Å²) in [7, 11) is -5.74. The number of alkyl halides is 3. The SMILES string of the molecule is C/C(OS(=O)(=O)C(F)(F)F)=C1\C[C@@H](c2ccccc2)O[C@H]1c1ccccc1. The predicted molar refractivity (Wildman–Crippen MR) is 92.8 cm³/mol. The Balaban J connectivity index is 1.99. The van der Waals surface area contributed by atoms with Gasteiger partial charge in [-0.1, -0.05) is 60.7 Å². The lowest BCUT2D eigenvalue weighted by molar-refractivity contribution is -0.0522. The maximum absolute atomic E-state index is 12.7. The van der Waals surface area contributed by atoms with Crippen LogP contribution < -0.4 is 0 Å². The van der Waals surface area contributed by atoms with E-state index in [4.69, 9.17) is 4.74 Å². The number of allylic oxidation sites excluding steroid dienone is 1. The van der Waals surface area contributed by atoms with Gasteiger partial charge in [-0.25, -0.2) is 0 Å². The molecule has 1 aliphatic rings. The first-order chi connectivity index (χ1) is 12.7. The van der Waals surface area contributed by atoms with Crippen LogP contribution in [0.5, 0.6) is 0 Å². The third kappa shape index (κ3) is 4.17. The molecule has 3 rings (SSSR count). The summed E-state index contributed by atoms with van der Waals surface area (Å²) < 4.78 is 71.2. The monoisotopic (exact) mass is 398 g/mol. The lowest BCUT2D eigenvalue weighted by atomic mass is 9.97. The first-order valence-electron chi connectivity index (χ1n) is 8.15. The van der Waals surface area contributed by atoms with Crippen LogP contribution in [0.15, 0.2) is 72.0 Å². The van der Waals surface area contributed by atoms with E-state index in [0.717, 1.165) is 5.56 Å². The van der Waals surface area contributed by atoms with Gasteiger partial charge in [-0.2, -0.15) is 21.6 Å². The lowest BCUT2D eigenvalue weighted by Gasteiger charge is -2.16. The van der Waals surface area contributed by atoms with Crippen LogP contribution in [0.1, 0.15) is 36.7 Å². The Hall–Kier alpha value is -2.32. The Morgan fingerprint density at radius 1 is 1.00 bits per heavy atom. The molecular formula is C19H17F3O4S. The van der Waals surface area contributed by atoms with Crippen molar-refractivity contribution < 1.29 is 30.5 Å². The lowest BCUT2D eigenvalue weighted by Crippen LogP contribution is -2.25. The molecule has 0 unspecified atom stereocenters. The van der Waals surface area contributed by atoms with Gasteiger partial charge in [0.2, 0.25) is 0 Å². The van der Waals surface area contributed by atoms with Gasteiger partial charge < -0.3 is 8.92 Å². The van der Waals surface area contributed by atoms with E-state index in [0.29, 0.717) is 11.1 Å². The smallest absolute Gasteiger partial charge is 0.381 e. The molecule has 2 aromatic rings. The summed E-state index contributed by atoms with van der Waals surface area (Å²) in [6, 6.07) is 18.1. The van der Waals surface area contributed by atoms with Gasteiger partial charge in [-0.3, -0.25) is 0 Å². The maximum atomic E-state index is 12.7. The molecule has 0 amide bonds. The Kier molecular flexibility index (Phi) is 5.30. The molecule has 0 saturated carbocycles. The molecule has 0 aromatic heterocycles. The summed E-state index contributed by atoms with van der Waals surface area (Å²) in [5.74, 6) is -0.320. The van der Waals surface area contributed by atoms with Crippen LogP contribution in [0.2, 0.25) is 0 Å². The summed E-state index contributed by atoms with van der Waals surface area (Å²) in [4.78, 5) is 0. The highest BCUT2D eigenvalue weighted by Crippen LogP contribution is 2.46. The van der Waals surface area contributed by atoms with Crippen LogP contribution in [0, 0.1) is 0 Å². The molecule has 1 fully saturated rings. The topological polar surface area (TPSA) is 52.6 Å². The van der Waals surface area contributed by atoms with Crippen molar-refractivity contribution in [1.82, 2.24) is 0 Å². The van der Waals surface area contributed by atoms with Crippen molar-refractivity contribution >= 4 is 10.1 Å². The summed E-state index contributed by atoms with van der Waals surface area (Å²) in [5.41, 5.74) is -3.57. The van der Waals surface area contributed by atoms with Crippen LogP contribution in [-0.4, -0.2) is 13.9 Å². The van der Waals surface area contributed by atoms with Gasteiger partial charge in [0.25, 0.3) is 0 Å². The van der Waals surface area contributed by atoms with E-state index in [1.807, 2.05) is 30.3 Å². The third-order valence-electron chi connectivity index (χ3n) is 4.27. The van der Waals surface area contributed by atoms with E-state index in [9.17, 15) is 21.6 Å². The van der Waals surface area contributed by atoms with E-state index >= 15 is 0 Å². The van der Waals surface area contributed by atoms with Gasteiger partial charge in [0.1, 0.15) is 11.9 Å². The van der Waals surface area contributed by atoms with Crippen molar-refractivity contribution in [3.8, 4) is 0 Å². The summed E-state index contributed by atoms with van der Waals surface area (Å²) >= 11 is 0. The number of hydrogen-bond donors (Lipinski definition) is 0. The second-order valence-corrected chi connectivity index (χ2v) is 7.63. The number of benzene rings is 2. The minimum Gasteiger partial charge on any atom is -0.381 e.